The van der Waals surface area contributed by atoms with E-state index in [-0.39, 0.29) is 23.4 Å². The summed E-state index contributed by atoms with van der Waals surface area (Å²) in [5, 5.41) is 17.8. The highest BCUT2D eigenvalue weighted by molar-refractivity contribution is 7.21. The zero-order chi connectivity index (χ0) is 25.6. The van der Waals surface area contributed by atoms with E-state index < -0.39 is 0 Å². The lowest BCUT2D eigenvalue weighted by Crippen LogP contribution is -2.62. The molecule has 3 aromatic heterocycles. The van der Waals surface area contributed by atoms with Gasteiger partial charge in [0.05, 0.1) is 54.3 Å². The highest BCUT2D eigenvalue weighted by atomic mass is 32.1. The fraction of sp³-hybridized carbons (Fsp3) is 0.440. The number of hydrogen-bond acceptors (Lipinski definition) is 8. The van der Waals surface area contributed by atoms with Crippen LogP contribution in [0.15, 0.2) is 48.5 Å². The van der Waals surface area contributed by atoms with Gasteiger partial charge in [-0.15, -0.1) is 11.3 Å². The van der Waals surface area contributed by atoms with Gasteiger partial charge in [0, 0.05) is 49.0 Å². The van der Waals surface area contributed by atoms with Crippen molar-refractivity contribution < 1.29 is 14.3 Å². The molecular weight excluding hydrogens is 492 g/mol. The van der Waals surface area contributed by atoms with Gasteiger partial charge in [-0.25, -0.2) is 4.52 Å². The van der Waals surface area contributed by atoms with Crippen molar-refractivity contribution in [2.45, 2.75) is 37.8 Å². The Labute approximate surface area is 218 Å². The van der Waals surface area contributed by atoms with Crippen LogP contribution in [0.4, 0.5) is 0 Å². The Balaban J connectivity index is 1.13. The molecule has 1 saturated carbocycles. The minimum absolute atomic E-state index is 0.0217. The van der Waals surface area contributed by atoms with Crippen LogP contribution in [-0.2, 0) is 16.6 Å². The number of ether oxygens (including phenoxy) is 1. The maximum atomic E-state index is 13.2. The Bertz CT molecular complexity index is 1410. The molecule has 37 heavy (non-hydrogen) atoms. The van der Waals surface area contributed by atoms with Crippen LogP contribution in [0, 0.1) is 0 Å². The van der Waals surface area contributed by atoms with Gasteiger partial charge in [-0.2, -0.15) is 10.2 Å². The number of morpholine rings is 1. The average Bonchev–Trinajstić information content (AvgIpc) is 3.56. The van der Waals surface area contributed by atoms with Crippen LogP contribution in [0.25, 0.3) is 15.3 Å². The second-order valence-electron chi connectivity index (χ2n) is 9.95. The maximum absolute atomic E-state index is 13.2. The number of aryl methyl sites for hydroxylation is 1. The second-order valence-corrected chi connectivity index (χ2v) is 11.0. The lowest BCUT2D eigenvalue weighted by atomic mass is 9.75. The fourth-order valence-corrected chi connectivity index (χ4v) is 6.14. The molecule has 0 radical (unpaired) electrons. The van der Waals surface area contributed by atoms with Crippen molar-refractivity contribution in [3.63, 3.8) is 0 Å². The van der Waals surface area contributed by atoms with Crippen molar-refractivity contribution in [1.29, 1.82) is 0 Å². The third-order valence-electron chi connectivity index (χ3n) is 7.40. The SMILES string of the molecule is CC1NC=C(NC(=O)CN2CCOCC23CCC3)C=C1NC(=O)c1cnn2cc(-c3cnn(C)c3)sc12. The van der Waals surface area contributed by atoms with E-state index in [4.69, 9.17) is 4.74 Å². The number of carbonyl (C=O) groups is 2. The Hall–Kier alpha value is -3.48. The largest absolute Gasteiger partial charge is 0.381 e. The minimum atomic E-state index is -0.248. The van der Waals surface area contributed by atoms with Gasteiger partial charge in [-0.1, -0.05) is 0 Å². The molecule has 3 N–H and O–H groups in total. The van der Waals surface area contributed by atoms with E-state index in [0.717, 1.165) is 34.7 Å². The van der Waals surface area contributed by atoms with Gasteiger partial charge in [-0.3, -0.25) is 19.2 Å². The lowest BCUT2D eigenvalue weighted by molar-refractivity contribution is -0.135. The predicted octanol–water partition coefficient (Wildman–Crippen LogP) is 1.61. The molecule has 2 amide bonds. The molecule has 194 valence electrons. The minimum Gasteiger partial charge on any atom is -0.381 e. The molecule has 11 nitrogen and oxygen atoms in total. The van der Waals surface area contributed by atoms with Gasteiger partial charge in [0.25, 0.3) is 5.91 Å². The first-order valence-electron chi connectivity index (χ1n) is 12.5. The quantitative estimate of drug-likeness (QED) is 0.450. The summed E-state index contributed by atoms with van der Waals surface area (Å²) in [4.78, 5) is 30.1. The molecule has 0 aromatic carbocycles. The summed E-state index contributed by atoms with van der Waals surface area (Å²) >= 11 is 1.49. The maximum Gasteiger partial charge on any atom is 0.260 e. The summed E-state index contributed by atoms with van der Waals surface area (Å²) in [6.45, 7) is 4.41. The van der Waals surface area contributed by atoms with Crippen molar-refractivity contribution in [3.8, 4) is 10.4 Å². The Kier molecular flexibility index (Phi) is 6.09. The van der Waals surface area contributed by atoms with E-state index >= 15 is 0 Å². The molecule has 1 saturated heterocycles. The molecule has 1 spiro atoms. The molecule has 6 rings (SSSR count). The first kappa shape index (κ1) is 23.9. The monoisotopic (exact) mass is 522 g/mol. The highest BCUT2D eigenvalue weighted by Crippen LogP contribution is 2.39. The summed E-state index contributed by atoms with van der Waals surface area (Å²) in [7, 11) is 1.87. The molecule has 12 heteroatoms. The summed E-state index contributed by atoms with van der Waals surface area (Å²) in [6.07, 6.45) is 14.1. The number of aromatic nitrogens is 4. The normalized spacial score (nSPS) is 21.2. The first-order valence-corrected chi connectivity index (χ1v) is 13.3. The number of thiazole rings is 1. The van der Waals surface area contributed by atoms with Crippen LogP contribution in [0.3, 0.4) is 0 Å². The molecule has 2 fully saturated rings. The van der Waals surface area contributed by atoms with Crippen LogP contribution >= 0.6 is 11.3 Å². The van der Waals surface area contributed by atoms with Crippen LogP contribution in [0.1, 0.15) is 36.5 Å². The summed E-state index contributed by atoms with van der Waals surface area (Å²) < 4.78 is 9.14. The zero-order valence-corrected chi connectivity index (χ0v) is 21.7. The van der Waals surface area contributed by atoms with Crippen LogP contribution in [-0.4, -0.2) is 74.0 Å². The van der Waals surface area contributed by atoms with E-state index in [9.17, 15) is 9.59 Å². The van der Waals surface area contributed by atoms with Gasteiger partial charge < -0.3 is 20.7 Å². The number of carbonyl (C=O) groups excluding carboxylic acids is 2. The number of nitrogens with zero attached hydrogens (tertiary/aromatic N) is 5. The fourth-order valence-electron chi connectivity index (χ4n) is 5.11. The van der Waals surface area contributed by atoms with Crippen LogP contribution in [0.5, 0.6) is 0 Å². The van der Waals surface area contributed by atoms with Crippen molar-refractivity contribution in [1.82, 2.24) is 40.2 Å². The molecule has 5 heterocycles. The average molecular weight is 523 g/mol. The van der Waals surface area contributed by atoms with Crippen molar-refractivity contribution in [3.05, 3.63) is 54.0 Å². The second kappa shape index (κ2) is 9.43. The van der Waals surface area contributed by atoms with Crippen LogP contribution in [0.2, 0.25) is 0 Å². The van der Waals surface area contributed by atoms with E-state index in [1.165, 1.54) is 17.8 Å². The molecule has 3 aliphatic rings. The zero-order valence-electron chi connectivity index (χ0n) is 20.9. The van der Waals surface area contributed by atoms with Gasteiger partial charge in [0.15, 0.2) is 0 Å². The van der Waals surface area contributed by atoms with E-state index in [2.05, 4.69) is 31.0 Å². The molecular formula is C25H30N8O3S. The Morgan fingerprint density at radius 1 is 1.24 bits per heavy atom. The predicted molar refractivity (Wildman–Crippen MR) is 139 cm³/mol. The van der Waals surface area contributed by atoms with Gasteiger partial charge in [0.2, 0.25) is 5.91 Å². The smallest absolute Gasteiger partial charge is 0.260 e. The first-order chi connectivity index (χ1) is 17.9. The number of amides is 2. The van der Waals surface area contributed by atoms with Gasteiger partial charge in [-0.05, 0) is 32.3 Å². The standard InChI is InChI=1S/C25H30N8O3S/c1-16-20(8-18(10-26-16)29-22(34)14-32-6-7-36-15-25(32)4-3-5-25)30-23(35)19-11-28-33-13-21(37-24(19)33)17-9-27-31(2)12-17/h8-13,16,26H,3-7,14-15H2,1-2H3,(H,29,34)(H,30,35). The molecule has 1 atom stereocenters. The van der Waals surface area contributed by atoms with E-state index in [1.807, 2.05) is 32.4 Å². The third-order valence-corrected chi connectivity index (χ3v) is 8.57. The van der Waals surface area contributed by atoms with Gasteiger partial charge in [0.1, 0.15) is 4.83 Å². The number of nitrogens with one attached hydrogen (secondary N) is 3. The van der Waals surface area contributed by atoms with Crippen LogP contribution < -0.4 is 16.0 Å². The molecule has 2 aliphatic heterocycles. The Morgan fingerprint density at radius 2 is 2.11 bits per heavy atom. The summed E-state index contributed by atoms with van der Waals surface area (Å²) in [6, 6.07) is -0.123. The number of allylic oxidation sites excluding steroid dienone is 1. The summed E-state index contributed by atoms with van der Waals surface area (Å²) in [5.74, 6) is -0.320. The Morgan fingerprint density at radius 3 is 2.86 bits per heavy atom. The van der Waals surface area contributed by atoms with Crippen molar-refractivity contribution in [2.75, 3.05) is 26.3 Å². The van der Waals surface area contributed by atoms with Gasteiger partial charge >= 0.3 is 0 Å². The molecule has 1 unspecified atom stereocenters. The van der Waals surface area contributed by atoms with E-state index in [0.29, 0.717) is 36.7 Å². The number of dihydropyridines is 1. The number of rotatable bonds is 6. The topological polar surface area (TPSA) is 118 Å². The van der Waals surface area contributed by atoms with E-state index in [1.54, 1.807) is 27.8 Å². The highest BCUT2D eigenvalue weighted by Gasteiger charge is 2.45. The van der Waals surface area contributed by atoms with Crippen molar-refractivity contribution in [2.24, 2.45) is 7.05 Å². The number of hydrogen-bond donors (Lipinski definition) is 3. The third kappa shape index (κ3) is 4.56. The summed E-state index contributed by atoms with van der Waals surface area (Å²) in [5.41, 5.74) is 2.78. The van der Waals surface area contributed by atoms with Crippen molar-refractivity contribution >= 4 is 28.0 Å². The molecule has 3 aromatic rings. The molecule has 0 bridgehead atoms. The molecule has 1 aliphatic carbocycles. The lowest BCUT2D eigenvalue weighted by Gasteiger charge is -2.52. The number of fused-ring (bicyclic) bond motifs is 1.